The molecule has 0 saturated heterocycles. The van der Waals surface area contributed by atoms with Gasteiger partial charge in [-0.1, -0.05) is 43.0 Å². The van der Waals surface area contributed by atoms with Gasteiger partial charge in [0, 0.05) is 23.7 Å². The van der Waals surface area contributed by atoms with Gasteiger partial charge in [0.05, 0.1) is 16.4 Å². The van der Waals surface area contributed by atoms with Gasteiger partial charge in [-0.2, -0.15) is 11.8 Å². The normalized spacial score (nSPS) is 17.8. The van der Waals surface area contributed by atoms with E-state index in [2.05, 4.69) is 40.6 Å². The van der Waals surface area contributed by atoms with E-state index in [0.717, 1.165) is 54.2 Å². The Balaban J connectivity index is 1.35. The van der Waals surface area contributed by atoms with E-state index >= 15 is 0 Å². The summed E-state index contributed by atoms with van der Waals surface area (Å²) in [5.41, 5.74) is 6.26. The SMILES string of the molecule is Clc1ccc2c(c1NCc1ccc(CSC3CCCCC3)nc1)CCNCC2. The molecular formula is C23H30ClN3S. The van der Waals surface area contributed by atoms with E-state index in [1.165, 1.54) is 54.5 Å². The predicted octanol–water partition coefficient (Wildman–Crippen LogP) is 5.60. The molecule has 2 aliphatic rings. The van der Waals surface area contributed by atoms with Gasteiger partial charge < -0.3 is 10.6 Å². The van der Waals surface area contributed by atoms with Crippen LogP contribution in [-0.2, 0) is 25.1 Å². The van der Waals surface area contributed by atoms with Gasteiger partial charge in [0.15, 0.2) is 0 Å². The molecule has 0 amide bonds. The molecule has 1 aliphatic heterocycles. The van der Waals surface area contributed by atoms with Crippen molar-refractivity contribution in [2.24, 2.45) is 0 Å². The van der Waals surface area contributed by atoms with Crippen LogP contribution in [0, 0.1) is 0 Å². The third-order valence-electron chi connectivity index (χ3n) is 5.86. The minimum Gasteiger partial charge on any atom is -0.379 e. The third kappa shape index (κ3) is 5.22. The van der Waals surface area contributed by atoms with Gasteiger partial charge in [0.1, 0.15) is 0 Å². The molecule has 1 aromatic carbocycles. The largest absolute Gasteiger partial charge is 0.379 e. The number of aromatic nitrogens is 1. The summed E-state index contributed by atoms with van der Waals surface area (Å²) in [6, 6.07) is 8.59. The van der Waals surface area contributed by atoms with E-state index in [0.29, 0.717) is 0 Å². The summed E-state index contributed by atoms with van der Waals surface area (Å²) in [5.74, 6) is 1.03. The van der Waals surface area contributed by atoms with Crippen molar-refractivity contribution in [3.63, 3.8) is 0 Å². The summed E-state index contributed by atoms with van der Waals surface area (Å²) in [6.07, 6.45) is 11.1. The van der Waals surface area contributed by atoms with Crippen LogP contribution in [0.15, 0.2) is 30.5 Å². The van der Waals surface area contributed by atoms with Gasteiger partial charge in [-0.3, -0.25) is 4.98 Å². The molecule has 150 valence electrons. The van der Waals surface area contributed by atoms with Crippen LogP contribution in [-0.4, -0.2) is 23.3 Å². The summed E-state index contributed by atoms with van der Waals surface area (Å²) in [5, 5.41) is 8.71. The van der Waals surface area contributed by atoms with E-state index in [9.17, 15) is 0 Å². The van der Waals surface area contributed by atoms with Crippen LogP contribution in [0.5, 0.6) is 0 Å². The van der Waals surface area contributed by atoms with Gasteiger partial charge in [-0.15, -0.1) is 0 Å². The molecule has 0 bridgehead atoms. The summed E-state index contributed by atoms with van der Waals surface area (Å²) in [6.45, 7) is 2.81. The molecule has 2 heterocycles. The smallest absolute Gasteiger partial charge is 0.0640 e. The van der Waals surface area contributed by atoms with E-state index in [1.807, 2.05) is 12.3 Å². The summed E-state index contributed by atoms with van der Waals surface area (Å²) >= 11 is 8.60. The number of pyridine rings is 1. The Morgan fingerprint density at radius 2 is 1.93 bits per heavy atom. The number of fused-ring (bicyclic) bond motifs is 1. The number of nitrogens with one attached hydrogen (secondary N) is 2. The molecule has 0 radical (unpaired) electrons. The lowest BCUT2D eigenvalue weighted by atomic mass is 10.0. The van der Waals surface area contributed by atoms with Crippen molar-refractivity contribution < 1.29 is 0 Å². The minimum atomic E-state index is 0.757. The van der Waals surface area contributed by atoms with Gasteiger partial charge in [0.2, 0.25) is 0 Å². The van der Waals surface area contributed by atoms with Crippen molar-refractivity contribution in [3.05, 3.63) is 57.9 Å². The van der Waals surface area contributed by atoms with Gasteiger partial charge in [-0.05, 0) is 67.6 Å². The molecule has 5 heteroatoms. The molecule has 0 unspecified atom stereocenters. The molecule has 1 aliphatic carbocycles. The van der Waals surface area contributed by atoms with Crippen LogP contribution in [0.4, 0.5) is 5.69 Å². The summed E-state index contributed by atoms with van der Waals surface area (Å²) < 4.78 is 0. The molecule has 1 fully saturated rings. The number of benzene rings is 1. The van der Waals surface area contributed by atoms with Crippen LogP contribution in [0.25, 0.3) is 0 Å². The molecule has 2 aromatic rings. The van der Waals surface area contributed by atoms with Gasteiger partial charge >= 0.3 is 0 Å². The summed E-state index contributed by atoms with van der Waals surface area (Å²) in [4.78, 5) is 4.70. The van der Waals surface area contributed by atoms with E-state index in [1.54, 1.807) is 0 Å². The molecular weight excluding hydrogens is 386 g/mol. The maximum Gasteiger partial charge on any atom is 0.0640 e. The highest BCUT2D eigenvalue weighted by atomic mass is 35.5. The van der Waals surface area contributed by atoms with Crippen molar-refractivity contribution in [1.29, 1.82) is 0 Å². The monoisotopic (exact) mass is 415 g/mol. The molecule has 1 aromatic heterocycles. The maximum atomic E-state index is 6.52. The zero-order valence-corrected chi connectivity index (χ0v) is 18.0. The zero-order chi connectivity index (χ0) is 19.2. The van der Waals surface area contributed by atoms with Crippen molar-refractivity contribution in [2.75, 3.05) is 18.4 Å². The lowest BCUT2D eigenvalue weighted by molar-refractivity contribution is 0.516. The fourth-order valence-electron chi connectivity index (χ4n) is 4.21. The van der Waals surface area contributed by atoms with E-state index in [4.69, 9.17) is 16.6 Å². The first-order valence-corrected chi connectivity index (χ1v) is 12.0. The number of nitrogens with zero attached hydrogens (tertiary/aromatic N) is 1. The first-order chi connectivity index (χ1) is 13.8. The molecule has 28 heavy (non-hydrogen) atoms. The topological polar surface area (TPSA) is 37.0 Å². The Morgan fingerprint density at radius 1 is 1.07 bits per heavy atom. The minimum absolute atomic E-state index is 0.757. The third-order valence-corrected chi connectivity index (χ3v) is 7.58. The fourth-order valence-corrected chi connectivity index (χ4v) is 5.69. The molecule has 0 atom stereocenters. The van der Waals surface area contributed by atoms with E-state index < -0.39 is 0 Å². The van der Waals surface area contributed by atoms with Crippen LogP contribution in [0.2, 0.25) is 5.02 Å². The molecule has 3 nitrogen and oxygen atoms in total. The average molecular weight is 416 g/mol. The molecule has 4 rings (SSSR count). The standard InChI is InChI=1S/C23H30ClN3S/c24-22-9-7-18-10-12-25-13-11-21(18)23(22)27-15-17-6-8-19(26-14-17)16-28-20-4-2-1-3-5-20/h6-9,14,20,25,27H,1-5,10-13,15-16H2. The number of halogens is 1. The Morgan fingerprint density at radius 3 is 2.75 bits per heavy atom. The first kappa shape index (κ1) is 20.1. The van der Waals surface area contributed by atoms with Crippen molar-refractivity contribution >= 4 is 29.1 Å². The second-order valence-corrected chi connectivity index (χ2v) is 9.59. The Bertz CT molecular complexity index is 772. The number of anilines is 1. The Kier molecular flexibility index (Phi) is 7.16. The number of rotatable bonds is 6. The Hall–Kier alpha value is -1.23. The Labute approximate surface area is 178 Å². The quantitative estimate of drug-likeness (QED) is 0.643. The average Bonchev–Trinajstić information content (AvgIpc) is 2.99. The number of hydrogen-bond acceptors (Lipinski definition) is 4. The highest BCUT2D eigenvalue weighted by molar-refractivity contribution is 7.99. The highest BCUT2D eigenvalue weighted by Crippen LogP contribution is 2.32. The highest BCUT2D eigenvalue weighted by Gasteiger charge is 2.15. The van der Waals surface area contributed by atoms with Gasteiger partial charge in [-0.25, -0.2) is 0 Å². The predicted molar refractivity (Wildman–Crippen MR) is 121 cm³/mol. The second kappa shape index (κ2) is 10.00. The zero-order valence-electron chi connectivity index (χ0n) is 16.5. The maximum absolute atomic E-state index is 6.52. The van der Waals surface area contributed by atoms with Crippen LogP contribution < -0.4 is 10.6 Å². The van der Waals surface area contributed by atoms with E-state index in [-0.39, 0.29) is 0 Å². The van der Waals surface area contributed by atoms with Crippen molar-refractivity contribution in [2.45, 2.75) is 62.5 Å². The van der Waals surface area contributed by atoms with Crippen LogP contribution in [0.3, 0.4) is 0 Å². The van der Waals surface area contributed by atoms with Crippen LogP contribution >= 0.6 is 23.4 Å². The van der Waals surface area contributed by atoms with Crippen molar-refractivity contribution in [1.82, 2.24) is 10.3 Å². The fraction of sp³-hybridized carbons (Fsp3) is 0.522. The van der Waals surface area contributed by atoms with Crippen LogP contribution in [0.1, 0.15) is 54.5 Å². The first-order valence-electron chi connectivity index (χ1n) is 10.6. The van der Waals surface area contributed by atoms with Crippen molar-refractivity contribution in [3.8, 4) is 0 Å². The van der Waals surface area contributed by atoms with Gasteiger partial charge in [0.25, 0.3) is 0 Å². The number of hydrogen-bond donors (Lipinski definition) is 2. The number of thioether (sulfide) groups is 1. The second-order valence-electron chi connectivity index (χ2n) is 7.89. The molecule has 0 spiro atoms. The molecule has 1 saturated carbocycles. The lowest BCUT2D eigenvalue weighted by Gasteiger charge is -2.20. The summed E-state index contributed by atoms with van der Waals surface area (Å²) in [7, 11) is 0. The molecule has 2 N–H and O–H groups in total. The lowest BCUT2D eigenvalue weighted by Crippen LogP contribution is -2.16.